The van der Waals surface area contributed by atoms with E-state index >= 15 is 0 Å². The first kappa shape index (κ1) is 14.9. The molecule has 0 saturated carbocycles. The summed E-state index contributed by atoms with van der Waals surface area (Å²) in [7, 11) is 0. The molecule has 1 aliphatic heterocycles. The Morgan fingerprint density at radius 2 is 2.29 bits per heavy atom. The summed E-state index contributed by atoms with van der Waals surface area (Å²) < 4.78 is 6.85. The van der Waals surface area contributed by atoms with Crippen LogP contribution in [0.15, 0.2) is 34.5 Å². The van der Waals surface area contributed by atoms with Gasteiger partial charge in [0.2, 0.25) is 0 Å². The van der Waals surface area contributed by atoms with Gasteiger partial charge in [0.05, 0.1) is 12.5 Å². The number of aliphatic hydroxyl groups is 1. The molecule has 0 unspecified atom stereocenters. The summed E-state index contributed by atoms with van der Waals surface area (Å²) in [5, 5.41) is 9.58. The molecular formula is C15H14N2O4. The Kier molecular flexibility index (Phi) is 3.86. The van der Waals surface area contributed by atoms with E-state index in [0.29, 0.717) is 0 Å². The summed E-state index contributed by atoms with van der Waals surface area (Å²) in [6, 6.07) is 1.18. The lowest BCUT2D eigenvalue weighted by atomic mass is 9.81. The van der Waals surface area contributed by atoms with Gasteiger partial charge in [-0.1, -0.05) is 17.9 Å². The van der Waals surface area contributed by atoms with Crippen LogP contribution in [0.4, 0.5) is 0 Å². The van der Waals surface area contributed by atoms with Crippen molar-refractivity contribution in [2.75, 3.05) is 6.61 Å². The van der Waals surface area contributed by atoms with E-state index in [1.54, 1.807) is 0 Å². The van der Waals surface area contributed by atoms with Crippen molar-refractivity contribution >= 4 is 0 Å². The molecule has 0 amide bonds. The predicted molar refractivity (Wildman–Crippen MR) is 76.1 cm³/mol. The highest BCUT2D eigenvalue weighted by molar-refractivity contribution is 5.24. The first-order chi connectivity index (χ1) is 10.0. The topological polar surface area (TPSA) is 84.3 Å². The third-order valence-electron chi connectivity index (χ3n) is 3.61. The maximum absolute atomic E-state index is 11.9. The standard InChI is InChI=1S/C15H14N2O4/c1-4-10-11(5-2)15(6-3,9-18)21-13(10)17-8-7-12(19)16-14(17)20/h1,3,5,7-8,10-11,13,18H,2,9H2,(H,16,19,20)/t10-,11-,13+,15+/m0/s1. The summed E-state index contributed by atoms with van der Waals surface area (Å²) in [6.07, 6.45) is 12.9. The van der Waals surface area contributed by atoms with Crippen LogP contribution in [0, 0.1) is 36.5 Å². The number of ether oxygens (including phenoxy) is 1. The number of hydrogen-bond acceptors (Lipinski definition) is 4. The molecule has 0 spiro atoms. The Hall–Kier alpha value is -2.54. The first-order valence-corrected chi connectivity index (χ1v) is 6.19. The molecule has 6 nitrogen and oxygen atoms in total. The fourth-order valence-corrected chi connectivity index (χ4v) is 2.53. The van der Waals surface area contributed by atoms with Crippen molar-refractivity contribution in [3.63, 3.8) is 0 Å². The van der Waals surface area contributed by atoms with Gasteiger partial charge in [-0.3, -0.25) is 14.3 Å². The molecule has 0 aliphatic carbocycles. The number of nitrogens with one attached hydrogen (secondary N) is 1. The lowest BCUT2D eigenvalue weighted by Gasteiger charge is -2.25. The second-order valence-corrected chi connectivity index (χ2v) is 4.67. The molecule has 1 fully saturated rings. The Balaban J connectivity index is 2.58. The third-order valence-corrected chi connectivity index (χ3v) is 3.61. The Morgan fingerprint density at radius 3 is 2.76 bits per heavy atom. The molecule has 0 bridgehead atoms. The summed E-state index contributed by atoms with van der Waals surface area (Å²) in [5.74, 6) is 3.79. The van der Waals surface area contributed by atoms with Crippen LogP contribution < -0.4 is 11.2 Å². The van der Waals surface area contributed by atoms with Gasteiger partial charge in [-0.25, -0.2) is 4.79 Å². The summed E-state index contributed by atoms with van der Waals surface area (Å²) in [4.78, 5) is 25.1. The maximum atomic E-state index is 11.9. The highest BCUT2D eigenvalue weighted by atomic mass is 16.5. The van der Waals surface area contributed by atoms with E-state index in [1.165, 1.54) is 18.3 Å². The lowest BCUT2D eigenvalue weighted by molar-refractivity contribution is -0.0744. The second kappa shape index (κ2) is 5.45. The molecule has 1 saturated heterocycles. The Bertz CT molecular complexity index is 748. The lowest BCUT2D eigenvalue weighted by Crippen LogP contribution is -2.38. The highest BCUT2D eigenvalue weighted by Gasteiger charge is 2.53. The first-order valence-electron chi connectivity index (χ1n) is 6.19. The van der Waals surface area contributed by atoms with Crippen molar-refractivity contribution in [1.29, 1.82) is 0 Å². The Morgan fingerprint density at radius 1 is 1.57 bits per heavy atom. The molecular weight excluding hydrogens is 272 g/mol. The zero-order valence-electron chi connectivity index (χ0n) is 11.2. The minimum absolute atomic E-state index is 0.465. The number of aromatic nitrogens is 2. The fourth-order valence-electron chi connectivity index (χ4n) is 2.53. The van der Waals surface area contributed by atoms with Crippen LogP contribution in [0.5, 0.6) is 0 Å². The summed E-state index contributed by atoms with van der Waals surface area (Å²) in [6.45, 7) is 3.20. The number of H-pyrrole nitrogens is 1. The van der Waals surface area contributed by atoms with Crippen LogP contribution in [-0.2, 0) is 4.74 Å². The van der Waals surface area contributed by atoms with E-state index in [9.17, 15) is 14.7 Å². The van der Waals surface area contributed by atoms with Crippen molar-refractivity contribution in [2.24, 2.45) is 11.8 Å². The molecule has 1 aromatic rings. The van der Waals surface area contributed by atoms with Crippen molar-refractivity contribution in [3.8, 4) is 24.7 Å². The predicted octanol–water partition coefficient (Wildman–Crippen LogP) is -0.519. The summed E-state index contributed by atoms with van der Waals surface area (Å²) >= 11 is 0. The normalized spacial score (nSPS) is 31.3. The number of rotatable bonds is 3. The summed E-state index contributed by atoms with van der Waals surface area (Å²) in [5.41, 5.74) is -2.54. The average molecular weight is 286 g/mol. The molecule has 6 heteroatoms. The molecule has 2 heterocycles. The SMILES string of the molecule is C#C[C@@H]1[C@H](n2ccc(=O)[nH]c2=O)O[C@](C#C)(CO)[C@H]1C=C. The van der Waals surface area contributed by atoms with E-state index in [0.717, 1.165) is 4.57 Å². The van der Waals surface area contributed by atoms with E-state index in [2.05, 4.69) is 23.4 Å². The van der Waals surface area contributed by atoms with E-state index in [1.807, 2.05) is 0 Å². The van der Waals surface area contributed by atoms with Gasteiger partial charge in [0.1, 0.15) is 0 Å². The van der Waals surface area contributed by atoms with Gasteiger partial charge in [-0.15, -0.1) is 19.4 Å². The largest absolute Gasteiger partial charge is 0.392 e. The maximum Gasteiger partial charge on any atom is 0.330 e. The van der Waals surface area contributed by atoms with Crippen LogP contribution in [-0.4, -0.2) is 26.9 Å². The van der Waals surface area contributed by atoms with E-state index in [-0.39, 0.29) is 0 Å². The van der Waals surface area contributed by atoms with E-state index < -0.39 is 41.5 Å². The van der Waals surface area contributed by atoms with Crippen molar-refractivity contribution in [1.82, 2.24) is 9.55 Å². The van der Waals surface area contributed by atoms with Gasteiger partial charge < -0.3 is 9.84 Å². The van der Waals surface area contributed by atoms with Crippen molar-refractivity contribution in [2.45, 2.75) is 11.8 Å². The Labute approximate surface area is 121 Å². The zero-order chi connectivity index (χ0) is 15.6. The third kappa shape index (κ3) is 2.21. The van der Waals surface area contributed by atoms with Crippen molar-refractivity contribution < 1.29 is 9.84 Å². The van der Waals surface area contributed by atoms with Crippen LogP contribution in [0.3, 0.4) is 0 Å². The quantitative estimate of drug-likeness (QED) is 0.578. The van der Waals surface area contributed by atoms with Gasteiger partial charge in [-0.2, -0.15) is 0 Å². The number of terminal acetylenes is 2. The highest BCUT2D eigenvalue weighted by Crippen LogP contribution is 2.45. The minimum Gasteiger partial charge on any atom is -0.392 e. The molecule has 1 aliphatic rings. The molecule has 4 atom stereocenters. The number of aliphatic hydroxyl groups excluding tert-OH is 1. The number of aromatic amines is 1. The fraction of sp³-hybridized carbons (Fsp3) is 0.333. The van der Waals surface area contributed by atoms with Crippen molar-refractivity contribution in [3.05, 3.63) is 45.8 Å². The second-order valence-electron chi connectivity index (χ2n) is 4.67. The number of nitrogens with zero attached hydrogens (tertiary/aromatic N) is 1. The smallest absolute Gasteiger partial charge is 0.330 e. The molecule has 2 rings (SSSR count). The average Bonchev–Trinajstić information content (AvgIpc) is 2.81. The van der Waals surface area contributed by atoms with Crippen LogP contribution in [0.2, 0.25) is 0 Å². The monoisotopic (exact) mass is 286 g/mol. The van der Waals surface area contributed by atoms with Gasteiger partial charge in [0.25, 0.3) is 5.56 Å². The van der Waals surface area contributed by atoms with Crippen LogP contribution >= 0.6 is 0 Å². The van der Waals surface area contributed by atoms with Gasteiger partial charge >= 0.3 is 5.69 Å². The van der Waals surface area contributed by atoms with Crippen LogP contribution in [0.25, 0.3) is 0 Å². The molecule has 21 heavy (non-hydrogen) atoms. The van der Waals surface area contributed by atoms with Gasteiger partial charge in [0.15, 0.2) is 11.8 Å². The minimum atomic E-state index is -1.35. The molecule has 0 radical (unpaired) electrons. The number of hydrogen-bond donors (Lipinski definition) is 2. The van der Waals surface area contributed by atoms with Gasteiger partial charge in [-0.05, 0) is 0 Å². The van der Waals surface area contributed by atoms with Crippen LogP contribution in [0.1, 0.15) is 6.23 Å². The molecule has 0 aromatic carbocycles. The zero-order valence-corrected chi connectivity index (χ0v) is 11.2. The molecule has 2 N–H and O–H groups in total. The molecule has 1 aromatic heterocycles. The van der Waals surface area contributed by atoms with E-state index in [4.69, 9.17) is 17.6 Å². The van der Waals surface area contributed by atoms with Gasteiger partial charge in [0, 0.05) is 18.2 Å². The molecule has 108 valence electrons.